The van der Waals surface area contributed by atoms with Crippen LogP contribution in [0.2, 0.25) is 16.6 Å². The second kappa shape index (κ2) is 17.1. The maximum absolute atomic E-state index is 11.8. The van der Waals surface area contributed by atoms with Crippen LogP contribution in [0.5, 0.6) is 0 Å². The minimum absolute atomic E-state index is 0.0318. The van der Waals surface area contributed by atoms with Crippen molar-refractivity contribution < 1.29 is 28.2 Å². The van der Waals surface area contributed by atoms with Crippen molar-refractivity contribution in [1.82, 2.24) is 0 Å². The zero-order valence-electron chi connectivity index (χ0n) is 22.1. The van der Waals surface area contributed by atoms with Crippen LogP contribution in [0.1, 0.15) is 61.8 Å². The largest absolute Gasteiger partial charge is 0.495 e. The SMILES string of the molecule is C=C[C@@H](C)[C@@H](O[Si](C(C)C)(C(C)C)C(C)C)[C@H](OCOC)[C@H](CCI)O/C=C/C(=O)OCC. The number of esters is 1. The van der Waals surface area contributed by atoms with Crippen LogP contribution in [0, 0.1) is 5.92 Å². The van der Waals surface area contributed by atoms with Crippen molar-refractivity contribution in [3.05, 3.63) is 25.0 Å². The molecule has 33 heavy (non-hydrogen) atoms. The Labute approximate surface area is 217 Å². The molecule has 0 amide bonds. The monoisotopic (exact) mass is 598 g/mol. The molecule has 0 aliphatic carbocycles. The number of ether oxygens (including phenoxy) is 4. The van der Waals surface area contributed by atoms with Crippen LogP contribution in [-0.4, -0.2) is 57.5 Å². The van der Waals surface area contributed by atoms with Crippen molar-refractivity contribution in [2.45, 2.75) is 96.7 Å². The second-order valence-electron chi connectivity index (χ2n) is 9.24. The van der Waals surface area contributed by atoms with Crippen LogP contribution in [-0.2, 0) is 28.2 Å². The molecule has 0 unspecified atom stereocenters. The average molecular weight is 599 g/mol. The molecule has 0 saturated heterocycles. The molecule has 0 aromatic carbocycles. The standard InChI is InChI=1S/C25H47IO6Si/c1-11-21(9)24(32-33(18(3)4,19(5)6)20(7)8)25(31-17-28-10)22(13-15-26)30-16-14-23(27)29-12-2/h11,14,16,18-22,24-25H,1,12-13,15,17H2,2-10H3/b16-14+/t21-,22+,24-,25-/m1/s1. The quantitative estimate of drug-likeness (QED) is 0.0258. The molecule has 0 aliphatic heterocycles. The molecule has 8 heteroatoms. The Hall–Kier alpha value is -0.423. The first-order chi connectivity index (χ1) is 15.5. The fourth-order valence-corrected chi connectivity index (χ4v) is 10.9. The molecule has 0 heterocycles. The Balaban J connectivity index is 6.27. The molecular formula is C25H47IO6Si. The second-order valence-corrected chi connectivity index (χ2v) is 15.7. The summed E-state index contributed by atoms with van der Waals surface area (Å²) in [4.78, 5) is 11.8. The van der Waals surface area contributed by atoms with E-state index in [9.17, 15) is 4.79 Å². The topological polar surface area (TPSA) is 63.2 Å². The van der Waals surface area contributed by atoms with Crippen molar-refractivity contribution in [2.24, 2.45) is 5.92 Å². The van der Waals surface area contributed by atoms with E-state index in [-0.39, 0.29) is 24.9 Å². The first kappa shape index (κ1) is 32.6. The summed E-state index contributed by atoms with van der Waals surface area (Å²) in [5.74, 6) is -0.400. The fourth-order valence-electron chi connectivity index (χ4n) is 4.62. The number of hydrogen-bond donors (Lipinski definition) is 0. The van der Waals surface area contributed by atoms with Gasteiger partial charge in [0.15, 0.2) is 0 Å². The first-order valence-electron chi connectivity index (χ1n) is 12.0. The predicted octanol–water partition coefficient (Wildman–Crippen LogP) is 6.65. The minimum Gasteiger partial charge on any atom is -0.495 e. The number of halogens is 1. The first-order valence-corrected chi connectivity index (χ1v) is 15.6. The molecule has 194 valence electrons. The van der Waals surface area contributed by atoms with Gasteiger partial charge in [-0.25, -0.2) is 4.79 Å². The van der Waals surface area contributed by atoms with E-state index in [0.717, 1.165) is 10.8 Å². The summed E-state index contributed by atoms with van der Waals surface area (Å²) in [6.45, 7) is 22.0. The van der Waals surface area contributed by atoms with E-state index >= 15 is 0 Å². The summed E-state index contributed by atoms with van der Waals surface area (Å²) in [6, 6.07) is 0. The van der Waals surface area contributed by atoms with Crippen LogP contribution < -0.4 is 0 Å². The third-order valence-corrected chi connectivity index (χ3v) is 12.9. The normalized spacial score (nSPS) is 16.3. The molecule has 0 saturated carbocycles. The van der Waals surface area contributed by atoms with Gasteiger partial charge in [-0.15, -0.1) is 6.58 Å². The number of hydrogen-bond acceptors (Lipinski definition) is 6. The molecule has 0 fully saturated rings. The molecule has 0 radical (unpaired) electrons. The lowest BCUT2D eigenvalue weighted by Crippen LogP contribution is -2.56. The third kappa shape index (κ3) is 9.99. The van der Waals surface area contributed by atoms with Crippen LogP contribution in [0.15, 0.2) is 25.0 Å². The maximum atomic E-state index is 11.8. The van der Waals surface area contributed by atoms with E-state index in [1.165, 1.54) is 12.3 Å². The Morgan fingerprint density at radius 1 is 1.03 bits per heavy atom. The van der Waals surface area contributed by atoms with Crippen LogP contribution >= 0.6 is 22.6 Å². The zero-order chi connectivity index (χ0) is 25.6. The van der Waals surface area contributed by atoms with Gasteiger partial charge in [0.1, 0.15) is 19.0 Å². The highest BCUT2D eigenvalue weighted by atomic mass is 127. The van der Waals surface area contributed by atoms with E-state index in [0.29, 0.717) is 23.2 Å². The van der Waals surface area contributed by atoms with Gasteiger partial charge in [0, 0.05) is 17.5 Å². The van der Waals surface area contributed by atoms with Crippen LogP contribution in [0.25, 0.3) is 0 Å². The predicted molar refractivity (Wildman–Crippen MR) is 146 cm³/mol. The Bertz CT molecular complexity index is 559. The van der Waals surface area contributed by atoms with Crippen molar-refractivity contribution in [3.8, 4) is 0 Å². The highest BCUT2D eigenvalue weighted by Gasteiger charge is 2.49. The van der Waals surface area contributed by atoms with E-state index in [1.807, 2.05) is 6.08 Å². The van der Waals surface area contributed by atoms with E-state index in [4.69, 9.17) is 23.4 Å². The van der Waals surface area contributed by atoms with E-state index < -0.39 is 20.4 Å². The van der Waals surface area contributed by atoms with Crippen molar-refractivity contribution in [2.75, 3.05) is 24.9 Å². The number of carbonyl (C=O) groups is 1. The number of methoxy groups -OCH3 is 1. The average Bonchev–Trinajstić information content (AvgIpc) is 2.74. The summed E-state index contributed by atoms with van der Waals surface area (Å²) < 4.78 is 30.6. The van der Waals surface area contributed by atoms with Gasteiger partial charge in [-0.3, -0.25) is 0 Å². The van der Waals surface area contributed by atoms with Gasteiger partial charge in [0.05, 0.1) is 25.0 Å². The lowest BCUT2D eigenvalue weighted by Gasteiger charge is -2.48. The maximum Gasteiger partial charge on any atom is 0.333 e. The van der Waals surface area contributed by atoms with E-state index in [2.05, 4.69) is 77.6 Å². The number of alkyl halides is 1. The Kier molecular flexibility index (Phi) is 16.9. The summed E-state index contributed by atoms with van der Waals surface area (Å²) in [6.07, 6.45) is 4.37. The molecule has 0 rings (SSSR count). The number of rotatable bonds is 18. The van der Waals surface area contributed by atoms with Gasteiger partial charge in [0.25, 0.3) is 0 Å². The van der Waals surface area contributed by atoms with Crippen molar-refractivity contribution >= 4 is 36.9 Å². The molecule has 0 aromatic heterocycles. The molecule has 0 bridgehead atoms. The third-order valence-electron chi connectivity index (χ3n) is 6.14. The Morgan fingerprint density at radius 2 is 1.61 bits per heavy atom. The number of carbonyl (C=O) groups excluding carboxylic acids is 1. The molecule has 0 aromatic rings. The van der Waals surface area contributed by atoms with Crippen LogP contribution in [0.3, 0.4) is 0 Å². The molecule has 0 N–H and O–H groups in total. The Morgan fingerprint density at radius 3 is 2.03 bits per heavy atom. The molecule has 0 spiro atoms. The van der Waals surface area contributed by atoms with Crippen molar-refractivity contribution in [3.63, 3.8) is 0 Å². The van der Waals surface area contributed by atoms with Gasteiger partial charge < -0.3 is 23.4 Å². The molecule has 4 atom stereocenters. The van der Waals surface area contributed by atoms with E-state index in [1.54, 1.807) is 14.0 Å². The summed E-state index contributed by atoms with van der Waals surface area (Å²) in [5.41, 5.74) is 1.27. The van der Waals surface area contributed by atoms with Gasteiger partial charge in [-0.05, 0) is 30.0 Å². The highest BCUT2D eigenvalue weighted by molar-refractivity contribution is 14.1. The fraction of sp³-hybridized carbons (Fsp3) is 0.800. The smallest absolute Gasteiger partial charge is 0.333 e. The van der Waals surface area contributed by atoms with Crippen molar-refractivity contribution in [1.29, 1.82) is 0 Å². The minimum atomic E-state index is -2.22. The zero-order valence-corrected chi connectivity index (χ0v) is 25.3. The van der Waals surface area contributed by atoms with Gasteiger partial charge >= 0.3 is 5.97 Å². The van der Waals surface area contributed by atoms with Gasteiger partial charge in [0.2, 0.25) is 8.32 Å². The summed E-state index contributed by atoms with van der Waals surface area (Å²) >= 11 is 2.33. The molecule has 6 nitrogen and oxygen atoms in total. The lowest BCUT2D eigenvalue weighted by molar-refractivity contribution is -0.156. The summed E-state index contributed by atoms with van der Waals surface area (Å²) in [7, 11) is -0.613. The molecule has 0 aliphatic rings. The van der Waals surface area contributed by atoms with Crippen LogP contribution in [0.4, 0.5) is 0 Å². The van der Waals surface area contributed by atoms with Gasteiger partial charge in [-0.1, -0.05) is 77.1 Å². The highest BCUT2D eigenvalue weighted by Crippen LogP contribution is 2.44. The summed E-state index contributed by atoms with van der Waals surface area (Å²) in [5, 5.41) is 0. The van der Waals surface area contributed by atoms with Gasteiger partial charge in [-0.2, -0.15) is 0 Å². The lowest BCUT2D eigenvalue weighted by atomic mass is 9.95. The molecular weight excluding hydrogens is 551 g/mol.